The minimum Gasteiger partial charge on any atom is -0.351 e. The Morgan fingerprint density at radius 2 is 2.00 bits per heavy atom. The highest BCUT2D eigenvalue weighted by molar-refractivity contribution is 5.82. The van der Waals surface area contributed by atoms with Crippen LogP contribution >= 0.6 is 0 Å². The molecule has 2 aliphatic rings. The highest BCUT2D eigenvalue weighted by Gasteiger charge is 2.47. The molecule has 1 N–H and O–H groups in total. The third-order valence-corrected chi connectivity index (χ3v) is 6.18. The van der Waals surface area contributed by atoms with Crippen LogP contribution < -0.4 is 5.32 Å². The van der Waals surface area contributed by atoms with E-state index in [1.807, 2.05) is 12.1 Å². The van der Waals surface area contributed by atoms with Gasteiger partial charge in [0.05, 0.1) is 6.04 Å². The largest absolute Gasteiger partial charge is 0.351 e. The number of benzene rings is 1. The van der Waals surface area contributed by atoms with Crippen molar-refractivity contribution in [2.24, 2.45) is 5.41 Å². The summed E-state index contributed by atoms with van der Waals surface area (Å²) in [6, 6.07) is 8.35. The maximum absolute atomic E-state index is 12.9. The molecule has 2 saturated heterocycles. The summed E-state index contributed by atoms with van der Waals surface area (Å²) in [5.41, 5.74) is 2.81. The predicted octanol–water partition coefficient (Wildman–Crippen LogP) is 2.81. The van der Waals surface area contributed by atoms with Gasteiger partial charge >= 0.3 is 0 Å². The van der Waals surface area contributed by atoms with Gasteiger partial charge in [0, 0.05) is 13.1 Å². The van der Waals surface area contributed by atoms with E-state index < -0.39 is 0 Å². The molecule has 4 heteroatoms. The first-order chi connectivity index (χ1) is 12.0. The summed E-state index contributed by atoms with van der Waals surface area (Å²) in [5.74, 6) is 0.215. The summed E-state index contributed by atoms with van der Waals surface area (Å²) >= 11 is 0. The number of hydrogen-bond acceptors (Lipinski definition) is 3. The van der Waals surface area contributed by atoms with Gasteiger partial charge in [-0.25, -0.2) is 0 Å². The summed E-state index contributed by atoms with van der Waals surface area (Å²) in [6.45, 7) is 9.40. The summed E-state index contributed by atoms with van der Waals surface area (Å²) in [5, 5.41) is 3.21. The molecule has 1 aromatic carbocycles. The van der Waals surface area contributed by atoms with Gasteiger partial charge in [-0.3, -0.25) is 9.69 Å². The fourth-order valence-electron chi connectivity index (χ4n) is 4.49. The quantitative estimate of drug-likeness (QED) is 0.893. The van der Waals surface area contributed by atoms with Gasteiger partial charge in [-0.2, -0.15) is 0 Å². The maximum Gasteiger partial charge on any atom is 0.237 e. The van der Waals surface area contributed by atoms with E-state index in [0.29, 0.717) is 12.0 Å². The third-order valence-electron chi connectivity index (χ3n) is 6.18. The number of aryl methyl sites for hydroxylation is 1. The van der Waals surface area contributed by atoms with Crippen molar-refractivity contribution in [3.05, 3.63) is 35.4 Å². The van der Waals surface area contributed by atoms with E-state index in [0.717, 1.165) is 39.0 Å². The number of rotatable bonds is 5. The van der Waals surface area contributed by atoms with E-state index in [9.17, 15) is 4.79 Å². The third kappa shape index (κ3) is 4.24. The minimum absolute atomic E-state index is 0.0485. The molecule has 2 fully saturated rings. The van der Waals surface area contributed by atoms with Crippen LogP contribution in [-0.2, 0) is 11.3 Å². The van der Waals surface area contributed by atoms with Crippen LogP contribution in [0.5, 0.6) is 0 Å². The van der Waals surface area contributed by atoms with E-state index in [4.69, 9.17) is 0 Å². The second-order valence-electron chi connectivity index (χ2n) is 8.14. The monoisotopic (exact) mass is 343 g/mol. The van der Waals surface area contributed by atoms with Crippen LogP contribution in [0.4, 0.5) is 0 Å². The van der Waals surface area contributed by atoms with E-state index in [1.54, 1.807) is 0 Å². The molecule has 0 unspecified atom stereocenters. The van der Waals surface area contributed by atoms with Crippen molar-refractivity contribution in [1.82, 2.24) is 15.1 Å². The normalized spacial score (nSPS) is 23.9. The minimum atomic E-state index is 0.0485. The smallest absolute Gasteiger partial charge is 0.237 e. The number of nitrogens with one attached hydrogen (secondary N) is 1. The molecule has 0 bridgehead atoms. The Morgan fingerprint density at radius 3 is 2.68 bits per heavy atom. The first-order valence-corrected chi connectivity index (χ1v) is 9.78. The molecule has 138 valence electrons. The number of likely N-dealkylation sites (tertiary alicyclic amines) is 2. The van der Waals surface area contributed by atoms with Gasteiger partial charge < -0.3 is 10.2 Å². The molecule has 1 spiro atoms. The fraction of sp³-hybridized carbons (Fsp3) is 0.667. The Labute approximate surface area is 152 Å². The predicted molar refractivity (Wildman–Crippen MR) is 102 cm³/mol. The molecular formula is C21H33N3O. The lowest BCUT2D eigenvalue weighted by atomic mass is 9.76. The van der Waals surface area contributed by atoms with Crippen molar-refractivity contribution in [2.75, 3.05) is 33.2 Å². The molecule has 4 nitrogen and oxygen atoms in total. The lowest BCUT2D eigenvalue weighted by Crippen LogP contribution is -2.43. The first kappa shape index (κ1) is 18.4. The van der Waals surface area contributed by atoms with E-state index in [-0.39, 0.29) is 11.9 Å². The molecule has 0 aromatic heterocycles. The average Bonchev–Trinajstić information content (AvgIpc) is 2.96. The van der Waals surface area contributed by atoms with Crippen LogP contribution in [-0.4, -0.2) is 55.0 Å². The molecule has 0 radical (unpaired) electrons. The average molecular weight is 344 g/mol. The van der Waals surface area contributed by atoms with Gasteiger partial charge in [0.1, 0.15) is 0 Å². The molecule has 0 saturated carbocycles. The van der Waals surface area contributed by atoms with Crippen molar-refractivity contribution in [1.29, 1.82) is 0 Å². The molecule has 1 aromatic rings. The van der Waals surface area contributed by atoms with E-state index in [2.05, 4.69) is 48.1 Å². The molecule has 2 aliphatic heterocycles. The Balaban J connectivity index is 1.64. The van der Waals surface area contributed by atoms with Crippen LogP contribution in [0.1, 0.15) is 43.7 Å². The van der Waals surface area contributed by atoms with Crippen molar-refractivity contribution in [3.8, 4) is 0 Å². The molecule has 1 atom stereocenters. The van der Waals surface area contributed by atoms with Crippen molar-refractivity contribution in [3.63, 3.8) is 0 Å². The topological polar surface area (TPSA) is 35.6 Å². The Bertz CT molecular complexity index is 593. The number of carbonyl (C=O) groups is 1. The zero-order chi connectivity index (χ0) is 17.9. The van der Waals surface area contributed by atoms with Gasteiger partial charge in [-0.05, 0) is 75.8 Å². The van der Waals surface area contributed by atoms with Crippen LogP contribution in [0.2, 0.25) is 0 Å². The van der Waals surface area contributed by atoms with Crippen molar-refractivity contribution in [2.45, 2.75) is 52.1 Å². The molecule has 2 heterocycles. The first-order valence-electron chi connectivity index (χ1n) is 9.78. The van der Waals surface area contributed by atoms with E-state index >= 15 is 0 Å². The highest BCUT2D eigenvalue weighted by Crippen LogP contribution is 2.43. The molecule has 1 amide bonds. The lowest BCUT2D eigenvalue weighted by molar-refractivity contribution is -0.125. The van der Waals surface area contributed by atoms with E-state index in [1.165, 1.54) is 24.0 Å². The second-order valence-corrected chi connectivity index (χ2v) is 8.14. The van der Waals surface area contributed by atoms with Gasteiger partial charge in [0.2, 0.25) is 5.91 Å². The molecule has 0 aliphatic carbocycles. The van der Waals surface area contributed by atoms with Crippen molar-refractivity contribution >= 4 is 5.91 Å². The number of amides is 1. The maximum atomic E-state index is 12.9. The van der Waals surface area contributed by atoms with Crippen LogP contribution in [0, 0.1) is 12.3 Å². The zero-order valence-electron chi connectivity index (χ0n) is 16.1. The summed E-state index contributed by atoms with van der Waals surface area (Å²) < 4.78 is 0. The Hall–Kier alpha value is -1.39. The number of piperidine rings is 1. The fourth-order valence-corrected chi connectivity index (χ4v) is 4.49. The van der Waals surface area contributed by atoms with Crippen LogP contribution in [0.25, 0.3) is 0 Å². The molecule has 3 rings (SSSR count). The number of carbonyl (C=O) groups excluding carboxylic acids is 1. The summed E-state index contributed by atoms with van der Waals surface area (Å²) in [6.07, 6.45) is 4.59. The lowest BCUT2D eigenvalue weighted by Gasteiger charge is -2.37. The second kappa shape index (κ2) is 7.88. The number of hydrogen-bond donors (Lipinski definition) is 1. The van der Waals surface area contributed by atoms with Gasteiger partial charge in [0.25, 0.3) is 0 Å². The standard InChI is InChI=1S/C21H33N3O/c1-4-11-24-16-21(9-12-23(3)13-10-21)14-19(24)20(25)22-15-18-8-6-5-7-17(18)2/h5-8,19H,4,9-16H2,1-3H3,(H,22,25)/t19-/m0/s1. The van der Waals surface area contributed by atoms with Crippen molar-refractivity contribution < 1.29 is 4.79 Å². The van der Waals surface area contributed by atoms with Gasteiger partial charge in [0.15, 0.2) is 0 Å². The highest BCUT2D eigenvalue weighted by atomic mass is 16.2. The summed E-state index contributed by atoms with van der Waals surface area (Å²) in [7, 11) is 2.21. The van der Waals surface area contributed by atoms with Crippen LogP contribution in [0.3, 0.4) is 0 Å². The number of nitrogens with zero attached hydrogens (tertiary/aromatic N) is 2. The van der Waals surface area contributed by atoms with Crippen LogP contribution in [0.15, 0.2) is 24.3 Å². The Kier molecular flexibility index (Phi) is 5.80. The zero-order valence-corrected chi connectivity index (χ0v) is 16.1. The van der Waals surface area contributed by atoms with Gasteiger partial charge in [-0.15, -0.1) is 0 Å². The Morgan fingerprint density at radius 1 is 1.28 bits per heavy atom. The summed E-state index contributed by atoms with van der Waals surface area (Å²) in [4.78, 5) is 17.8. The molecule has 25 heavy (non-hydrogen) atoms. The SMILES string of the molecule is CCCN1CC2(CCN(C)CC2)C[C@H]1C(=O)NCc1ccccc1C. The van der Waals surface area contributed by atoms with Gasteiger partial charge in [-0.1, -0.05) is 31.2 Å². The molecular weight excluding hydrogens is 310 g/mol.